The highest BCUT2D eigenvalue weighted by Crippen LogP contribution is 2.13. The van der Waals surface area contributed by atoms with Crippen molar-refractivity contribution in [2.24, 2.45) is 0 Å². The Bertz CT molecular complexity index is 448. The zero-order valence-electron chi connectivity index (χ0n) is 11.2. The van der Waals surface area contributed by atoms with Crippen molar-refractivity contribution in [3.8, 4) is 0 Å². The van der Waals surface area contributed by atoms with Crippen LogP contribution in [0.25, 0.3) is 0 Å². The van der Waals surface area contributed by atoms with Gasteiger partial charge in [0.2, 0.25) is 0 Å². The molecule has 0 N–H and O–H groups in total. The Labute approximate surface area is 121 Å². The number of hydrogen-bond donors (Lipinski definition) is 0. The van der Waals surface area contributed by atoms with Gasteiger partial charge in [-0.2, -0.15) is 0 Å². The number of halogens is 1. The average Bonchev–Trinajstić information content (AvgIpc) is 2.38. The lowest BCUT2D eigenvalue weighted by molar-refractivity contribution is -0.144. The molecule has 0 saturated carbocycles. The topological polar surface area (TPSA) is 46.6 Å². The van der Waals surface area contributed by atoms with Crippen LogP contribution in [0.5, 0.6) is 0 Å². The minimum Gasteiger partial charge on any atom is -0.464 e. The van der Waals surface area contributed by atoms with E-state index in [2.05, 4.69) is 15.9 Å². The number of ether oxygens (including phenoxy) is 1. The van der Waals surface area contributed by atoms with Crippen LogP contribution in [0.2, 0.25) is 0 Å². The minimum absolute atomic E-state index is 0.0327. The molecule has 0 heterocycles. The maximum atomic E-state index is 12.1. The van der Waals surface area contributed by atoms with Crippen LogP contribution in [0.1, 0.15) is 30.1 Å². The third-order valence-electron chi connectivity index (χ3n) is 2.55. The first-order valence-corrected chi connectivity index (χ1v) is 7.00. The Hall–Kier alpha value is -1.36. The molecule has 0 atom stereocenters. The Balaban J connectivity index is 2.51. The number of carbonyl (C=O) groups is 2. The Kier molecular flexibility index (Phi) is 6.56. The fraction of sp³-hybridized carbons (Fsp3) is 0.429. The Morgan fingerprint density at radius 1 is 1.37 bits per heavy atom. The van der Waals surface area contributed by atoms with E-state index >= 15 is 0 Å². The predicted molar refractivity (Wildman–Crippen MR) is 77.0 cm³/mol. The first kappa shape index (κ1) is 15.7. The van der Waals surface area contributed by atoms with Crippen LogP contribution in [0, 0.1) is 0 Å². The zero-order valence-corrected chi connectivity index (χ0v) is 12.8. The third-order valence-corrected chi connectivity index (χ3v) is 3.04. The van der Waals surface area contributed by atoms with Crippen LogP contribution >= 0.6 is 15.9 Å². The van der Waals surface area contributed by atoms with E-state index in [0.717, 1.165) is 17.3 Å². The van der Waals surface area contributed by atoms with Gasteiger partial charge in [-0.15, -0.1) is 0 Å². The number of carbonyl (C=O) groups excluding carboxylic acids is 2. The second-order valence-electron chi connectivity index (χ2n) is 4.25. The van der Waals surface area contributed by atoms with Crippen LogP contribution in [0.4, 0.5) is 0 Å². The summed E-state index contributed by atoms with van der Waals surface area (Å²) in [5.74, 6) is -0.576. The van der Waals surface area contributed by atoms with Gasteiger partial charge in [0, 0.05) is 17.1 Å². The summed E-state index contributed by atoms with van der Waals surface area (Å²) in [6, 6.07) is 7.06. The number of nitrogens with zero attached hydrogens (tertiary/aromatic N) is 1. The van der Waals surface area contributed by atoms with E-state index in [-0.39, 0.29) is 18.4 Å². The fourth-order valence-corrected chi connectivity index (χ4v) is 1.88. The summed E-state index contributed by atoms with van der Waals surface area (Å²) in [5.41, 5.74) is 0.540. The maximum Gasteiger partial charge on any atom is 0.325 e. The van der Waals surface area contributed by atoms with Gasteiger partial charge in [-0.1, -0.05) is 35.3 Å². The van der Waals surface area contributed by atoms with Crippen molar-refractivity contribution in [2.45, 2.75) is 19.8 Å². The van der Waals surface area contributed by atoms with Gasteiger partial charge >= 0.3 is 5.97 Å². The average molecular weight is 328 g/mol. The maximum absolute atomic E-state index is 12.1. The molecule has 19 heavy (non-hydrogen) atoms. The van der Waals surface area contributed by atoms with Gasteiger partial charge in [0.1, 0.15) is 6.54 Å². The smallest absolute Gasteiger partial charge is 0.325 e. The van der Waals surface area contributed by atoms with Crippen molar-refractivity contribution < 1.29 is 14.3 Å². The lowest BCUT2D eigenvalue weighted by Crippen LogP contribution is -2.33. The van der Waals surface area contributed by atoms with Gasteiger partial charge in [-0.25, -0.2) is 0 Å². The first-order valence-electron chi connectivity index (χ1n) is 6.21. The van der Waals surface area contributed by atoms with E-state index in [1.165, 1.54) is 4.90 Å². The van der Waals surface area contributed by atoms with Crippen molar-refractivity contribution in [3.05, 3.63) is 34.3 Å². The van der Waals surface area contributed by atoms with Gasteiger partial charge in [-0.3, -0.25) is 9.59 Å². The monoisotopic (exact) mass is 327 g/mol. The normalized spacial score (nSPS) is 10.1. The molecule has 0 spiro atoms. The molecule has 0 aliphatic rings. The number of esters is 1. The van der Waals surface area contributed by atoms with Crippen LogP contribution in [0.15, 0.2) is 28.7 Å². The molecule has 1 aromatic carbocycles. The summed E-state index contributed by atoms with van der Waals surface area (Å²) in [6.45, 7) is 2.40. The SMILES string of the molecule is CCCCOC(=O)CN(C)C(=O)c1cccc(Br)c1. The van der Waals surface area contributed by atoms with Crippen LogP contribution < -0.4 is 0 Å². The summed E-state index contributed by atoms with van der Waals surface area (Å²) in [4.78, 5) is 24.9. The van der Waals surface area contributed by atoms with E-state index in [1.54, 1.807) is 25.2 Å². The molecule has 0 radical (unpaired) electrons. The summed E-state index contributed by atoms with van der Waals surface area (Å²) in [6.07, 6.45) is 1.81. The largest absolute Gasteiger partial charge is 0.464 e. The van der Waals surface area contributed by atoms with Crippen molar-refractivity contribution >= 4 is 27.8 Å². The van der Waals surface area contributed by atoms with E-state index in [1.807, 2.05) is 13.0 Å². The zero-order chi connectivity index (χ0) is 14.3. The molecule has 0 aliphatic heterocycles. The second kappa shape index (κ2) is 7.94. The van der Waals surface area contributed by atoms with E-state index in [9.17, 15) is 9.59 Å². The first-order chi connectivity index (χ1) is 9.04. The molecule has 4 nitrogen and oxygen atoms in total. The number of rotatable bonds is 6. The molecule has 1 amide bonds. The highest BCUT2D eigenvalue weighted by Gasteiger charge is 2.15. The van der Waals surface area contributed by atoms with Gasteiger partial charge in [-0.05, 0) is 24.6 Å². The summed E-state index contributed by atoms with van der Waals surface area (Å²) >= 11 is 3.31. The number of benzene rings is 1. The van der Waals surface area contributed by atoms with Crippen LogP contribution in [-0.2, 0) is 9.53 Å². The lowest BCUT2D eigenvalue weighted by atomic mass is 10.2. The lowest BCUT2D eigenvalue weighted by Gasteiger charge is -2.16. The van der Waals surface area contributed by atoms with Gasteiger partial charge < -0.3 is 9.64 Å². The number of unbranched alkanes of at least 4 members (excludes halogenated alkanes) is 1. The van der Waals surface area contributed by atoms with Gasteiger partial charge in [0.15, 0.2) is 0 Å². The number of likely N-dealkylation sites (N-methyl/N-ethyl adjacent to an activating group) is 1. The Morgan fingerprint density at radius 2 is 2.11 bits per heavy atom. The summed E-state index contributed by atoms with van der Waals surface area (Å²) in [5, 5.41) is 0. The molecule has 5 heteroatoms. The highest BCUT2D eigenvalue weighted by atomic mass is 79.9. The van der Waals surface area contributed by atoms with Crippen molar-refractivity contribution in [1.29, 1.82) is 0 Å². The third kappa shape index (κ3) is 5.42. The molecule has 104 valence electrons. The van der Waals surface area contributed by atoms with Crippen molar-refractivity contribution in [2.75, 3.05) is 20.2 Å². The Morgan fingerprint density at radius 3 is 2.74 bits per heavy atom. The van der Waals surface area contributed by atoms with Gasteiger partial charge in [0.05, 0.1) is 6.61 Å². The minimum atomic E-state index is -0.376. The number of amides is 1. The van der Waals surface area contributed by atoms with E-state index in [4.69, 9.17) is 4.74 Å². The quantitative estimate of drug-likeness (QED) is 0.596. The predicted octanol–water partition coefficient (Wildman–Crippen LogP) is 2.86. The number of hydrogen-bond acceptors (Lipinski definition) is 3. The molecule has 0 fully saturated rings. The molecule has 1 aromatic rings. The summed E-state index contributed by atoms with van der Waals surface area (Å²) < 4.78 is 5.85. The summed E-state index contributed by atoms with van der Waals surface area (Å²) in [7, 11) is 1.59. The standard InChI is InChI=1S/C14H18BrNO3/c1-3-4-8-19-13(17)10-16(2)14(18)11-6-5-7-12(15)9-11/h5-7,9H,3-4,8,10H2,1-2H3. The molecule has 0 aromatic heterocycles. The van der Waals surface area contributed by atoms with Crippen molar-refractivity contribution in [1.82, 2.24) is 4.90 Å². The van der Waals surface area contributed by atoms with Crippen molar-refractivity contribution in [3.63, 3.8) is 0 Å². The van der Waals surface area contributed by atoms with Gasteiger partial charge in [0.25, 0.3) is 5.91 Å². The molecule has 0 aliphatic carbocycles. The molecule has 1 rings (SSSR count). The molecule has 0 saturated heterocycles. The van der Waals surface area contributed by atoms with E-state index < -0.39 is 0 Å². The van der Waals surface area contributed by atoms with Crippen LogP contribution in [0.3, 0.4) is 0 Å². The van der Waals surface area contributed by atoms with E-state index in [0.29, 0.717) is 12.2 Å². The fourth-order valence-electron chi connectivity index (χ4n) is 1.48. The van der Waals surface area contributed by atoms with Crippen LogP contribution in [-0.4, -0.2) is 37.0 Å². The molecular formula is C14H18BrNO3. The second-order valence-corrected chi connectivity index (χ2v) is 5.16. The molecule has 0 bridgehead atoms. The highest BCUT2D eigenvalue weighted by molar-refractivity contribution is 9.10. The molecule has 0 unspecified atom stereocenters. The molecular weight excluding hydrogens is 310 g/mol.